The summed E-state index contributed by atoms with van der Waals surface area (Å²) in [7, 11) is -3.55. The highest BCUT2D eigenvalue weighted by Gasteiger charge is 2.29. The number of halogens is 1. The average Bonchev–Trinajstić information content (AvgIpc) is 2.87. The number of sulfonamides is 1. The molecule has 0 amide bonds. The van der Waals surface area contributed by atoms with Crippen LogP contribution in [0.4, 0.5) is 5.82 Å². The first-order chi connectivity index (χ1) is 16.3. The first-order valence-corrected chi connectivity index (χ1v) is 12.9. The fraction of sp³-hybridized carbons (Fsp3) is 0.217. The molecule has 0 saturated carbocycles. The Kier molecular flexibility index (Phi) is 5.92. The second kappa shape index (κ2) is 8.90. The molecule has 11 heteroatoms. The van der Waals surface area contributed by atoms with Crippen LogP contribution in [-0.2, 0) is 10.0 Å². The molecule has 2 aromatic heterocycles. The predicted octanol–water partition coefficient (Wildman–Crippen LogP) is 2.76. The van der Waals surface area contributed by atoms with E-state index in [1.807, 2.05) is 30.0 Å². The van der Waals surface area contributed by atoms with Gasteiger partial charge < -0.3 is 4.90 Å². The quantitative estimate of drug-likeness (QED) is 0.392. The van der Waals surface area contributed by atoms with E-state index in [1.54, 1.807) is 42.5 Å². The van der Waals surface area contributed by atoms with Crippen molar-refractivity contribution in [2.45, 2.75) is 11.8 Å². The minimum Gasteiger partial charge on any atom is -0.352 e. The molecule has 34 heavy (non-hydrogen) atoms. The van der Waals surface area contributed by atoms with Crippen molar-refractivity contribution in [1.82, 2.24) is 24.3 Å². The molecule has 1 aliphatic rings. The van der Waals surface area contributed by atoms with Crippen LogP contribution in [0.3, 0.4) is 0 Å². The fourth-order valence-electron chi connectivity index (χ4n) is 4.02. The lowest BCUT2D eigenvalue weighted by Gasteiger charge is -2.34. The highest BCUT2D eigenvalue weighted by Crippen LogP contribution is 2.22. The Hall–Kier alpha value is -3.15. The van der Waals surface area contributed by atoms with Gasteiger partial charge in [0, 0.05) is 36.0 Å². The molecular formula is C23H21BrN6O3S. The van der Waals surface area contributed by atoms with Crippen molar-refractivity contribution in [3.63, 3.8) is 0 Å². The Morgan fingerprint density at radius 1 is 0.824 bits per heavy atom. The molecule has 0 unspecified atom stereocenters. The van der Waals surface area contributed by atoms with Crippen LogP contribution in [-0.4, -0.2) is 58.9 Å². The van der Waals surface area contributed by atoms with E-state index in [2.05, 4.69) is 31.2 Å². The van der Waals surface area contributed by atoms with Gasteiger partial charge in [-0.05, 0) is 49.4 Å². The highest BCUT2D eigenvalue weighted by molar-refractivity contribution is 9.10. The number of fused-ring (bicyclic) bond motifs is 1. The molecule has 0 N–H and O–H groups in total. The van der Waals surface area contributed by atoms with Gasteiger partial charge in [-0.25, -0.2) is 8.42 Å². The Bertz CT molecular complexity index is 1510. The van der Waals surface area contributed by atoms with Crippen molar-refractivity contribution < 1.29 is 8.42 Å². The van der Waals surface area contributed by atoms with Gasteiger partial charge in [0.2, 0.25) is 10.0 Å². The van der Waals surface area contributed by atoms with Gasteiger partial charge in [0.15, 0.2) is 11.6 Å². The second-order valence-corrected chi connectivity index (χ2v) is 10.8. The van der Waals surface area contributed by atoms with Gasteiger partial charge in [-0.3, -0.25) is 4.79 Å². The number of aromatic nitrogens is 4. The average molecular weight is 541 g/mol. The monoisotopic (exact) mass is 540 g/mol. The zero-order chi connectivity index (χ0) is 23.9. The fourth-order valence-corrected chi connectivity index (χ4v) is 5.70. The molecule has 9 nitrogen and oxygen atoms in total. The van der Waals surface area contributed by atoms with Gasteiger partial charge in [-0.2, -0.15) is 14.1 Å². The summed E-state index contributed by atoms with van der Waals surface area (Å²) < 4.78 is 29.4. The summed E-state index contributed by atoms with van der Waals surface area (Å²) in [5.74, 6) is 0.953. The van der Waals surface area contributed by atoms with Crippen LogP contribution in [0.5, 0.6) is 0 Å². The third kappa shape index (κ3) is 4.10. The van der Waals surface area contributed by atoms with Crippen LogP contribution in [0.25, 0.3) is 16.6 Å². The number of piperazine rings is 1. The van der Waals surface area contributed by atoms with Gasteiger partial charge in [0.25, 0.3) is 5.56 Å². The Morgan fingerprint density at radius 3 is 2.09 bits per heavy atom. The molecule has 1 aliphatic heterocycles. The van der Waals surface area contributed by atoms with E-state index in [-0.39, 0.29) is 10.5 Å². The third-order valence-electron chi connectivity index (χ3n) is 5.86. The maximum Gasteiger partial charge on any atom is 0.280 e. The van der Waals surface area contributed by atoms with E-state index in [0.717, 1.165) is 15.6 Å². The molecule has 1 saturated heterocycles. The van der Waals surface area contributed by atoms with Gasteiger partial charge in [0.1, 0.15) is 0 Å². The summed E-state index contributed by atoms with van der Waals surface area (Å²) in [6.07, 6.45) is 0. The Labute approximate surface area is 204 Å². The zero-order valence-electron chi connectivity index (χ0n) is 18.3. The standard InChI is InChI=1S/C23H21BrN6O3S/c1-16-19-4-2-3-5-20(19)23(31)30(27-16)22-11-10-21(25-26-22)28-12-14-29(15-13-28)34(32,33)18-8-6-17(24)7-9-18/h2-11H,12-15H2,1H3. The maximum atomic E-state index is 12.9. The van der Waals surface area contributed by atoms with Gasteiger partial charge in [-0.1, -0.05) is 34.1 Å². The molecule has 4 aromatic rings. The molecule has 1 fully saturated rings. The number of rotatable bonds is 4. The summed E-state index contributed by atoms with van der Waals surface area (Å²) in [6, 6.07) is 17.4. The smallest absolute Gasteiger partial charge is 0.280 e. The van der Waals surface area contributed by atoms with Crippen molar-refractivity contribution in [1.29, 1.82) is 0 Å². The number of hydrogen-bond donors (Lipinski definition) is 0. The number of benzene rings is 2. The first kappa shape index (κ1) is 22.6. The normalized spacial score (nSPS) is 15.1. The Balaban J connectivity index is 1.33. The van der Waals surface area contributed by atoms with E-state index in [9.17, 15) is 13.2 Å². The van der Waals surface area contributed by atoms with E-state index in [4.69, 9.17) is 0 Å². The van der Waals surface area contributed by atoms with E-state index in [0.29, 0.717) is 43.2 Å². The molecule has 2 aromatic carbocycles. The second-order valence-electron chi connectivity index (χ2n) is 7.94. The van der Waals surface area contributed by atoms with Gasteiger partial charge in [0.05, 0.1) is 16.0 Å². The predicted molar refractivity (Wildman–Crippen MR) is 133 cm³/mol. The molecule has 0 bridgehead atoms. The molecule has 0 spiro atoms. The van der Waals surface area contributed by atoms with Crippen molar-refractivity contribution in [2.75, 3.05) is 31.1 Å². The minimum atomic E-state index is -3.55. The van der Waals surface area contributed by atoms with Gasteiger partial charge >= 0.3 is 0 Å². The summed E-state index contributed by atoms with van der Waals surface area (Å²) in [6.45, 7) is 3.50. The van der Waals surface area contributed by atoms with Crippen LogP contribution < -0.4 is 10.5 Å². The number of hydrogen-bond acceptors (Lipinski definition) is 7. The van der Waals surface area contributed by atoms with Crippen molar-refractivity contribution >= 4 is 42.5 Å². The number of nitrogens with zero attached hydrogens (tertiary/aromatic N) is 6. The molecule has 0 radical (unpaired) electrons. The lowest BCUT2D eigenvalue weighted by molar-refractivity contribution is 0.383. The molecular weight excluding hydrogens is 520 g/mol. The summed E-state index contributed by atoms with van der Waals surface area (Å²) in [5.41, 5.74) is 0.471. The highest BCUT2D eigenvalue weighted by atomic mass is 79.9. The van der Waals surface area contributed by atoms with Gasteiger partial charge in [-0.15, -0.1) is 10.2 Å². The zero-order valence-corrected chi connectivity index (χ0v) is 20.7. The first-order valence-electron chi connectivity index (χ1n) is 10.7. The van der Waals surface area contributed by atoms with Crippen LogP contribution in [0.2, 0.25) is 0 Å². The SMILES string of the molecule is Cc1nn(-c2ccc(N3CCN(S(=O)(=O)c4ccc(Br)cc4)CC3)nn2)c(=O)c2ccccc12. The topological polar surface area (TPSA) is 101 Å². The third-order valence-corrected chi connectivity index (χ3v) is 8.30. The maximum absolute atomic E-state index is 12.9. The van der Waals surface area contributed by atoms with Crippen LogP contribution in [0, 0.1) is 6.92 Å². The number of anilines is 1. The largest absolute Gasteiger partial charge is 0.352 e. The van der Waals surface area contributed by atoms with Crippen molar-refractivity contribution in [2.24, 2.45) is 0 Å². The molecule has 5 rings (SSSR count). The number of aryl methyl sites for hydroxylation is 1. The molecule has 0 aliphatic carbocycles. The summed E-state index contributed by atoms with van der Waals surface area (Å²) in [4.78, 5) is 15.1. The van der Waals surface area contributed by atoms with E-state index >= 15 is 0 Å². The van der Waals surface area contributed by atoms with E-state index < -0.39 is 10.0 Å². The van der Waals surface area contributed by atoms with Crippen LogP contribution >= 0.6 is 15.9 Å². The van der Waals surface area contributed by atoms with Crippen molar-refractivity contribution in [3.05, 3.63) is 81.2 Å². The molecule has 174 valence electrons. The summed E-state index contributed by atoms with van der Waals surface area (Å²) in [5, 5.41) is 14.3. The van der Waals surface area contributed by atoms with Crippen LogP contribution in [0.1, 0.15) is 5.69 Å². The van der Waals surface area contributed by atoms with Crippen molar-refractivity contribution in [3.8, 4) is 5.82 Å². The van der Waals surface area contributed by atoms with E-state index in [1.165, 1.54) is 8.99 Å². The minimum absolute atomic E-state index is 0.255. The lowest BCUT2D eigenvalue weighted by Crippen LogP contribution is -2.49. The summed E-state index contributed by atoms with van der Waals surface area (Å²) >= 11 is 3.33. The lowest BCUT2D eigenvalue weighted by atomic mass is 10.1. The Morgan fingerprint density at radius 2 is 1.44 bits per heavy atom. The van der Waals surface area contributed by atoms with Crippen LogP contribution in [0.15, 0.2) is 74.8 Å². The molecule has 3 heterocycles. The molecule has 0 atom stereocenters.